The second-order valence-electron chi connectivity index (χ2n) is 5.37. The summed E-state index contributed by atoms with van der Waals surface area (Å²) in [5.41, 5.74) is 5.59. The van der Waals surface area contributed by atoms with Crippen molar-refractivity contribution < 1.29 is 5.48 Å². The molecule has 2 aliphatic rings. The number of anilines is 2. The molecule has 0 unspecified atom stereocenters. The maximum absolute atomic E-state index is 3.36. The first-order chi connectivity index (χ1) is 9.93. The van der Waals surface area contributed by atoms with Crippen LogP contribution in [0.4, 0.5) is 11.4 Å². The SMILES string of the molecule is O.c1ccc2c(c1)CCCN2.c1ccc2c(c1)CCCN2. The summed E-state index contributed by atoms with van der Waals surface area (Å²) in [6.45, 7) is 2.27. The summed E-state index contributed by atoms with van der Waals surface area (Å²) >= 11 is 0. The predicted octanol–water partition coefficient (Wildman–Crippen LogP) is 3.26. The molecule has 0 amide bonds. The highest BCUT2D eigenvalue weighted by Crippen LogP contribution is 2.20. The zero-order valence-electron chi connectivity index (χ0n) is 12.4. The van der Waals surface area contributed by atoms with Crippen LogP contribution in [0.1, 0.15) is 24.0 Å². The van der Waals surface area contributed by atoms with E-state index in [1.165, 1.54) is 48.2 Å². The molecule has 0 aromatic heterocycles. The Labute approximate surface area is 126 Å². The Balaban J connectivity index is 0.000000147. The molecule has 3 nitrogen and oxygen atoms in total. The second kappa shape index (κ2) is 7.70. The summed E-state index contributed by atoms with van der Waals surface area (Å²) < 4.78 is 0. The summed E-state index contributed by atoms with van der Waals surface area (Å²) in [5, 5.41) is 6.73. The van der Waals surface area contributed by atoms with Crippen LogP contribution in [0, 0.1) is 0 Å². The Kier molecular flexibility index (Phi) is 5.64. The van der Waals surface area contributed by atoms with Gasteiger partial charge in [0.2, 0.25) is 0 Å². The first-order valence-electron chi connectivity index (χ1n) is 7.57. The third kappa shape index (κ3) is 3.99. The van der Waals surface area contributed by atoms with E-state index >= 15 is 0 Å². The van der Waals surface area contributed by atoms with Crippen molar-refractivity contribution in [2.45, 2.75) is 25.7 Å². The molecule has 21 heavy (non-hydrogen) atoms. The molecule has 4 N–H and O–H groups in total. The number of rotatable bonds is 0. The van der Waals surface area contributed by atoms with Gasteiger partial charge in [0.25, 0.3) is 0 Å². The minimum absolute atomic E-state index is 0. The number of fused-ring (bicyclic) bond motifs is 2. The molecule has 0 bridgehead atoms. The first kappa shape index (κ1) is 15.4. The monoisotopic (exact) mass is 284 g/mol. The molecule has 0 saturated heterocycles. The Bertz CT molecular complexity index is 467. The first-order valence-corrected chi connectivity index (χ1v) is 7.57. The summed E-state index contributed by atoms with van der Waals surface area (Å²) in [5.74, 6) is 0. The quantitative estimate of drug-likeness (QED) is 0.780. The molecule has 0 aliphatic carbocycles. The van der Waals surface area contributed by atoms with Gasteiger partial charge in [0, 0.05) is 24.5 Å². The molecule has 2 aromatic carbocycles. The fourth-order valence-corrected chi connectivity index (χ4v) is 2.83. The van der Waals surface area contributed by atoms with Gasteiger partial charge < -0.3 is 16.1 Å². The second-order valence-corrected chi connectivity index (χ2v) is 5.37. The van der Waals surface area contributed by atoms with Crippen LogP contribution in [0.25, 0.3) is 0 Å². The van der Waals surface area contributed by atoms with Gasteiger partial charge in [-0.25, -0.2) is 0 Å². The summed E-state index contributed by atoms with van der Waals surface area (Å²) in [7, 11) is 0. The van der Waals surface area contributed by atoms with Gasteiger partial charge in [0.15, 0.2) is 0 Å². The largest absolute Gasteiger partial charge is 0.412 e. The molecular formula is C18H24N2O. The summed E-state index contributed by atoms with van der Waals surface area (Å²) in [4.78, 5) is 0. The van der Waals surface area contributed by atoms with E-state index in [1.807, 2.05) is 0 Å². The molecule has 112 valence electrons. The molecule has 0 atom stereocenters. The van der Waals surface area contributed by atoms with Gasteiger partial charge in [-0.2, -0.15) is 0 Å². The van der Waals surface area contributed by atoms with Gasteiger partial charge in [0.05, 0.1) is 0 Å². The molecule has 2 heterocycles. The highest BCUT2D eigenvalue weighted by atomic mass is 16.0. The van der Waals surface area contributed by atoms with Crippen LogP contribution in [0.3, 0.4) is 0 Å². The summed E-state index contributed by atoms with van der Waals surface area (Å²) in [6.07, 6.45) is 5.03. The van der Waals surface area contributed by atoms with Crippen LogP contribution < -0.4 is 10.6 Å². The highest BCUT2D eigenvalue weighted by molar-refractivity contribution is 5.53. The minimum atomic E-state index is 0. The number of para-hydroxylation sites is 2. The fourth-order valence-electron chi connectivity index (χ4n) is 2.83. The number of hydrogen-bond donors (Lipinski definition) is 2. The number of nitrogens with one attached hydrogen (secondary N) is 2. The topological polar surface area (TPSA) is 55.6 Å². The van der Waals surface area contributed by atoms with Crippen molar-refractivity contribution in [1.29, 1.82) is 0 Å². The zero-order chi connectivity index (χ0) is 13.6. The van der Waals surface area contributed by atoms with Crippen LogP contribution in [-0.2, 0) is 12.8 Å². The van der Waals surface area contributed by atoms with E-state index < -0.39 is 0 Å². The van der Waals surface area contributed by atoms with Crippen LogP contribution in [-0.4, -0.2) is 18.6 Å². The van der Waals surface area contributed by atoms with E-state index in [9.17, 15) is 0 Å². The molecule has 2 aliphatic heterocycles. The standard InChI is InChI=1S/2C9H11N.H2O/c2*1-2-6-9-8(4-1)5-3-7-10-9;/h2*1-2,4,6,10H,3,5,7H2;1H2. The van der Waals surface area contributed by atoms with Gasteiger partial charge in [-0.15, -0.1) is 0 Å². The van der Waals surface area contributed by atoms with Gasteiger partial charge in [-0.3, -0.25) is 0 Å². The van der Waals surface area contributed by atoms with Crippen LogP contribution in [0.2, 0.25) is 0 Å². The van der Waals surface area contributed by atoms with Crippen molar-refractivity contribution in [3.8, 4) is 0 Å². The highest BCUT2D eigenvalue weighted by Gasteiger charge is 2.05. The lowest BCUT2D eigenvalue weighted by atomic mass is 10.0. The normalized spacial score (nSPS) is 14.9. The van der Waals surface area contributed by atoms with Crippen molar-refractivity contribution in [1.82, 2.24) is 0 Å². The van der Waals surface area contributed by atoms with Crippen molar-refractivity contribution in [2.75, 3.05) is 23.7 Å². The lowest BCUT2D eigenvalue weighted by Gasteiger charge is -2.16. The third-order valence-electron chi connectivity index (χ3n) is 3.91. The van der Waals surface area contributed by atoms with E-state index in [0.29, 0.717) is 0 Å². The maximum Gasteiger partial charge on any atom is 0.0372 e. The summed E-state index contributed by atoms with van der Waals surface area (Å²) in [6, 6.07) is 17.1. The maximum atomic E-state index is 3.36. The van der Waals surface area contributed by atoms with Crippen molar-refractivity contribution in [2.24, 2.45) is 0 Å². The Hall–Kier alpha value is -2.00. The van der Waals surface area contributed by atoms with Gasteiger partial charge in [0.1, 0.15) is 0 Å². The zero-order valence-corrected chi connectivity index (χ0v) is 12.4. The Morgan fingerprint density at radius 1 is 0.619 bits per heavy atom. The number of benzene rings is 2. The van der Waals surface area contributed by atoms with E-state index in [0.717, 1.165) is 13.1 Å². The van der Waals surface area contributed by atoms with Crippen LogP contribution in [0.5, 0.6) is 0 Å². The molecule has 0 spiro atoms. The predicted molar refractivity (Wildman–Crippen MR) is 90.1 cm³/mol. The minimum Gasteiger partial charge on any atom is -0.412 e. The van der Waals surface area contributed by atoms with E-state index in [-0.39, 0.29) is 5.48 Å². The van der Waals surface area contributed by atoms with E-state index in [1.54, 1.807) is 0 Å². The molecule has 3 heteroatoms. The van der Waals surface area contributed by atoms with Crippen molar-refractivity contribution >= 4 is 11.4 Å². The van der Waals surface area contributed by atoms with Crippen LogP contribution >= 0.6 is 0 Å². The fraction of sp³-hybridized carbons (Fsp3) is 0.333. The lowest BCUT2D eigenvalue weighted by Crippen LogP contribution is -2.10. The molecular weight excluding hydrogens is 260 g/mol. The lowest BCUT2D eigenvalue weighted by molar-refractivity contribution is 0.824. The van der Waals surface area contributed by atoms with Gasteiger partial charge in [-0.1, -0.05) is 36.4 Å². The van der Waals surface area contributed by atoms with Gasteiger partial charge >= 0.3 is 0 Å². The molecule has 2 aromatic rings. The van der Waals surface area contributed by atoms with E-state index in [2.05, 4.69) is 59.2 Å². The molecule has 0 fully saturated rings. The number of aryl methyl sites for hydroxylation is 2. The van der Waals surface area contributed by atoms with E-state index in [4.69, 9.17) is 0 Å². The Morgan fingerprint density at radius 3 is 1.48 bits per heavy atom. The molecule has 0 saturated carbocycles. The molecule has 0 radical (unpaired) electrons. The average molecular weight is 284 g/mol. The van der Waals surface area contributed by atoms with Crippen LogP contribution in [0.15, 0.2) is 48.5 Å². The van der Waals surface area contributed by atoms with Crippen molar-refractivity contribution in [3.63, 3.8) is 0 Å². The van der Waals surface area contributed by atoms with Gasteiger partial charge in [-0.05, 0) is 48.9 Å². The average Bonchev–Trinajstić information content (AvgIpc) is 2.56. The molecule has 4 rings (SSSR count). The van der Waals surface area contributed by atoms with Crippen molar-refractivity contribution in [3.05, 3.63) is 59.7 Å². The smallest absolute Gasteiger partial charge is 0.0372 e. The Morgan fingerprint density at radius 2 is 1.05 bits per heavy atom. The third-order valence-corrected chi connectivity index (χ3v) is 3.91. The number of hydrogen-bond acceptors (Lipinski definition) is 2.